The highest BCUT2D eigenvalue weighted by Crippen LogP contribution is 2.25. The Hall–Kier alpha value is -1.26. The van der Waals surface area contributed by atoms with E-state index in [9.17, 15) is 9.59 Å². The van der Waals surface area contributed by atoms with Gasteiger partial charge in [-0.2, -0.15) is 0 Å². The third-order valence-electron chi connectivity index (χ3n) is 2.44. The summed E-state index contributed by atoms with van der Waals surface area (Å²) in [5, 5.41) is 5.96. The Bertz CT molecular complexity index is 370. The molecule has 0 fully saturated rings. The molecule has 0 saturated heterocycles. The van der Waals surface area contributed by atoms with Gasteiger partial charge in [0.2, 0.25) is 5.91 Å². The SMILES string of the molecule is CC(=O)N(N(C(=O)NC(C)(C)C)C(C)(C)C)C(C)(C)C. The molecular weight excluding hydrogens is 254 g/mol. The number of hydrazine groups is 1. The van der Waals surface area contributed by atoms with Crippen molar-refractivity contribution in [1.82, 2.24) is 15.3 Å². The molecule has 0 spiro atoms. The van der Waals surface area contributed by atoms with Crippen LogP contribution in [0.25, 0.3) is 0 Å². The maximum atomic E-state index is 12.6. The number of amides is 3. The lowest BCUT2D eigenvalue weighted by Crippen LogP contribution is -2.66. The predicted molar refractivity (Wildman–Crippen MR) is 82.1 cm³/mol. The van der Waals surface area contributed by atoms with Crippen LogP contribution >= 0.6 is 0 Å². The van der Waals surface area contributed by atoms with Crippen molar-refractivity contribution in [3.63, 3.8) is 0 Å². The molecule has 0 aliphatic rings. The van der Waals surface area contributed by atoms with E-state index in [0.29, 0.717) is 0 Å². The number of nitrogens with zero attached hydrogens (tertiary/aromatic N) is 2. The van der Waals surface area contributed by atoms with Crippen molar-refractivity contribution >= 4 is 11.9 Å². The van der Waals surface area contributed by atoms with Crippen molar-refractivity contribution in [2.24, 2.45) is 0 Å². The summed E-state index contributed by atoms with van der Waals surface area (Å²) in [6.45, 7) is 18.7. The zero-order chi connectivity index (χ0) is 16.5. The van der Waals surface area contributed by atoms with Crippen LogP contribution in [0.15, 0.2) is 0 Å². The molecule has 5 heteroatoms. The van der Waals surface area contributed by atoms with Crippen LogP contribution in [0.3, 0.4) is 0 Å². The summed E-state index contributed by atoms with van der Waals surface area (Å²) in [5.41, 5.74) is -1.34. The van der Waals surface area contributed by atoms with E-state index < -0.39 is 11.1 Å². The summed E-state index contributed by atoms with van der Waals surface area (Å²) in [4.78, 5) is 24.7. The van der Waals surface area contributed by atoms with Gasteiger partial charge >= 0.3 is 6.03 Å². The smallest absolute Gasteiger partial charge is 0.332 e. The van der Waals surface area contributed by atoms with Gasteiger partial charge in [0.15, 0.2) is 0 Å². The minimum absolute atomic E-state index is 0.156. The molecule has 0 unspecified atom stereocenters. The molecule has 0 bridgehead atoms. The summed E-state index contributed by atoms with van der Waals surface area (Å²) < 4.78 is 0. The van der Waals surface area contributed by atoms with Crippen molar-refractivity contribution in [1.29, 1.82) is 0 Å². The van der Waals surface area contributed by atoms with Gasteiger partial charge in [-0.05, 0) is 62.3 Å². The summed E-state index contributed by atoms with van der Waals surface area (Å²) in [5.74, 6) is -0.156. The summed E-state index contributed by atoms with van der Waals surface area (Å²) >= 11 is 0. The van der Waals surface area contributed by atoms with E-state index >= 15 is 0 Å². The summed E-state index contributed by atoms with van der Waals surface area (Å²) in [7, 11) is 0. The number of carbonyl (C=O) groups excluding carboxylic acids is 2. The largest absolute Gasteiger partial charge is 0.337 e. The Morgan fingerprint density at radius 1 is 0.750 bits per heavy atom. The van der Waals surface area contributed by atoms with E-state index in [4.69, 9.17) is 0 Å². The Morgan fingerprint density at radius 2 is 1.10 bits per heavy atom. The fraction of sp³-hybridized carbons (Fsp3) is 0.867. The minimum atomic E-state index is -0.506. The first kappa shape index (κ1) is 18.7. The van der Waals surface area contributed by atoms with Gasteiger partial charge in [0, 0.05) is 12.5 Å². The zero-order valence-corrected chi connectivity index (χ0v) is 14.7. The van der Waals surface area contributed by atoms with Gasteiger partial charge in [-0.15, -0.1) is 0 Å². The van der Waals surface area contributed by atoms with Crippen molar-refractivity contribution in [2.75, 3.05) is 0 Å². The maximum Gasteiger partial charge on any atom is 0.337 e. The monoisotopic (exact) mass is 285 g/mol. The molecule has 20 heavy (non-hydrogen) atoms. The molecule has 0 heterocycles. The first-order chi connectivity index (χ1) is 8.57. The number of nitrogens with one attached hydrogen (secondary N) is 1. The average molecular weight is 285 g/mol. The topological polar surface area (TPSA) is 52.7 Å². The molecule has 3 amide bonds. The molecular formula is C15H31N3O2. The average Bonchev–Trinajstić information content (AvgIpc) is 2.05. The molecule has 5 nitrogen and oxygen atoms in total. The fourth-order valence-corrected chi connectivity index (χ4v) is 1.98. The highest BCUT2D eigenvalue weighted by atomic mass is 16.2. The third-order valence-corrected chi connectivity index (χ3v) is 2.44. The van der Waals surface area contributed by atoms with Crippen LogP contribution in [0.5, 0.6) is 0 Å². The van der Waals surface area contributed by atoms with Gasteiger partial charge in [-0.3, -0.25) is 4.79 Å². The molecule has 0 aromatic carbocycles. The van der Waals surface area contributed by atoms with Crippen molar-refractivity contribution in [3.8, 4) is 0 Å². The second-order valence-corrected chi connectivity index (χ2v) is 8.16. The molecule has 0 radical (unpaired) electrons. The molecule has 0 aliphatic carbocycles. The molecule has 1 N–H and O–H groups in total. The fourth-order valence-electron chi connectivity index (χ4n) is 1.98. The van der Waals surface area contributed by atoms with E-state index in [-0.39, 0.29) is 17.5 Å². The normalized spacial score (nSPS) is 12.9. The van der Waals surface area contributed by atoms with E-state index in [1.807, 2.05) is 62.3 Å². The van der Waals surface area contributed by atoms with Crippen LogP contribution in [0.2, 0.25) is 0 Å². The van der Waals surface area contributed by atoms with Gasteiger partial charge in [0.25, 0.3) is 0 Å². The second kappa shape index (κ2) is 5.62. The molecule has 118 valence electrons. The highest BCUT2D eigenvalue weighted by Gasteiger charge is 2.40. The lowest BCUT2D eigenvalue weighted by atomic mass is 10.0. The van der Waals surface area contributed by atoms with E-state index in [0.717, 1.165) is 0 Å². The second-order valence-electron chi connectivity index (χ2n) is 8.16. The molecule has 0 rings (SSSR count). The van der Waals surface area contributed by atoms with Crippen LogP contribution < -0.4 is 5.32 Å². The first-order valence-corrected chi connectivity index (χ1v) is 7.00. The van der Waals surface area contributed by atoms with Gasteiger partial charge in [0.1, 0.15) is 0 Å². The standard InChI is InChI=1S/C15H31N3O2/c1-11(19)17(14(5,6)7)18(15(8,9)10)12(20)16-13(2,3)4/h1-10H3,(H,16,20). The molecule has 0 aromatic heterocycles. The number of rotatable bonds is 0. The number of hydrogen-bond donors (Lipinski definition) is 1. The van der Waals surface area contributed by atoms with E-state index in [1.165, 1.54) is 16.9 Å². The summed E-state index contributed by atoms with van der Waals surface area (Å²) in [6, 6.07) is -0.268. The van der Waals surface area contributed by atoms with Gasteiger partial charge in [0.05, 0.1) is 11.1 Å². The molecule has 0 aliphatic heterocycles. The van der Waals surface area contributed by atoms with Crippen LogP contribution in [0, 0.1) is 0 Å². The molecule has 0 saturated carbocycles. The van der Waals surface area contributed by atoms with Crippen LogP contribution in [-0.4, -0.2) is 38.6 Å². The Labute approximate surface area is 123 Å². The Kier molecular flexibility index (Phi) is 5.27. The Morgan fingerprint density at radius 3 is 1.30 bits per heavy atom. The predicted octanol–water partition coefficient (Wildman–Crippen LogP) is 3.16. The summed E-state index contributed by atoms with van der Waals surface area (Å²) in [6.07, 6.45) is 0. The highest BCUT2D eigenvalue weighted by molar-refractivity contribution is 5.81. The number of carbonyl (C=O) groups is 2. The molecule has 0 atom stereocenters. The quantitative estimate of drug-likeness (QED) is 0.695. The number of urea groups is 1. The lowest BCUT2D eigenvalue weighted by molar-refractivity contribution is -0.162. The van der Waals surface area contributed by atoms with Crippen LogP contribution in [-0.2, 0) is 4.79 Å². The van der Waals surface area contributed by atoms with Gasteiger partial charge in [-0.25, -0.2) is 14.8 Å². The van der Waals surface area contributed by atoms with Crippen LogP contribution in [0.1, 0.15) is 69.2 Å². The zero-order valence-electron chi connectivity index (χ0n) is 14.7. The van der Waals surface area contributed by atoms with Crippen molar-refractivity contribution in [3.05, 3.63) is 0 Å². The van der Waals surface area contributed by atoms with Gasteiger partial charge < -0.3 is 5.32 Å². The van der Waals surface area contributed by atoms with E-state index in [2.05, 4.69) is 5.32 Å². The first-order valence-electron chi connectivity index (χ1n) is 7.00. The van der Waals surface area contributed by atoms with Gasteiger partial charge in [-0.1, -0.05) is 0 Å². The Balaban J connectivity index is 5.68. The molecule has 0 aromatic rings. The maximum absolute atomic E-state index is 12.6. The lowest BCUT2D eigenvalue weighted by Gasteiger charge is -2.49. The number of hydrogen-bond acceptors (Lipinski definition) is 2. The van der Waals surface area contributed by atoms with Crippen molar-refractivity contribution < 1.29 is 9.59 Å². The minimum Gasteiger partial charge on any atom is -0.332 e. The van der Waals surface area contributed by atoms with Crippen LogP contribution in [0.4, 0.5) is 4.79 Å². The third kappa shape index (κ3) is 5.39. The van der Waals surface area contributed by atoms with Crippen molar-refractivity contribution in [2.45, 2.75) is 85.9 Å². The van der Waals surface area contributed by atoms with E-state index in [1.54, 1.807) is 0 Å².